The Bertz CT molecular complexity index is 863. The van der Waals surface area contributed by atoms with Gasteiger partial charge in [-0.3, -0.25) is 0 Å². The van der Waals surface area contributed by atoms with Crippen molar-refractivity contribution in [2.24, 2.45) is 0 Å². The quantitative estimate of drug-likeness (QED) is 0.636. The van der Waals surface area contributed by atoms with Gasteiger partial charge in [0.2, 0.25) is 5.28 Å². The highest BCUT2D eigenvalue weighted by atomic mass is 35.5. The van der Waals surface area contributed by atoms with E-state index in [2.05, 4.69) is 9.83 Å². The second-order valence-electron chi connectivity index (χ2n) is 4.50. The maximum atomic E-state index is 13.7. The third-order valence-electron chi connectivity index (χ3n) is 3.13. The first-order chi connectivity index (χ1) is 10.1. The molecule has 0 amide bonds. The molecule has 0 bridgehead atoms. The Morgan fingerprint density at radius 1 is 1.19 bits per heavy atom. The van der Waals surface area contributed by atoms with Gasteiger partial charge in [-0.2, -0.15) is 0 Å². The highest BCUT2D eigenvalue weighted by molar-refractivity contribution is 6.29. The lowest BCUT2D eigenvalue weighted by Gasteiger charge is -2.06. The zero-order valence-electron chi connectivity index (χ0n) is 10.6. The van der Waals surface area contributed by atoms with E-state index >= 15 is 0 Å². The zero-order valence-corrected chi connectivity index (χ0v) is 11.4. The molecule has 0 atom stereocenters. The first-order valence-electron chi connectivity index (χ1n) is 6.05. The number of hydrogen-bond acceptors (Lipinski definition) is 1. The molecule has 0 aliphatic rings. The lowest BCUT2D eigenvalue weighted by molar-refractivity contribution is 0.590. The number of fused-ring (bicyclic) bond motifs is 1. The van der Waals surface area contributed by atoms with Gasteiger partial charge in [0.15, 0.2) is 11.5 Å². The molecule has 0 saturated carbocycles. The smallest absolute Gasteiger partial charge is 0.204 e. The Kier molecular flexibility index (Phi) is 3.32. The third-order valence-corrected chi connectivity index (χ3v) is 3.42. The molecule has 0 aliphatic carbocycles. The van der Waals surface area contributed by atoms with Crippen LogP contribution < -0.4 is 0 Å². The molecule has 0 aliphatic heterocycles. The fraction of sp³-hybridized carbons (Fsp3) is 0.0667. The average molecular weight is 304 g/mol. The number of hydrogen-bond donors (Lipinski definition) is 0. The van der Waals surface area contributed by atoms with Crippen molar-refractivity contribution in [3.8, 4) is 0 Å². The van der Waals surface area contributed by atoms with Gasteiger partial charge in [-0.25, -0.2) is 18.6 Å². The number of aromatic nitrogens is 2. The second-order valence-corrected chi connectivity index (χ2v) is 4.84. The minimum atomic E-state index is -0.742. The van der Waals surface area contributed by atoms with Crippen molar-refractivity contribution < 1.29 is 8.78 Å². The first kappa shape index (κ1) is 13.5. The van der Waals surface area contributed by atoms with E-state index in [1.165, 1.54) is 10.6 Å². The van der Waals surface area contributed by atoms with Crippen LogP contribution in [0.3, 0.4) is 0 Å². The molecule has 3 nitrogen and oxygen atoms in total. The van der Waals surface area contributed by atoms with Crippen LogP contribution in [0.1, 0.15) is 5.56 Å². The number of halogens is 3. The lowest BCUT2D eigenvalue weighted by Crippen LogP contribution is -2.00. The average Bonchev–Trinajstić information content (AvgIpc) is 2.77. The van der Waals surface area contributed by atoms with E-state index in [1.807, 2.05) is 0 Å². The van der Waals surface area contributed by atoms with Crippen molar-refractivity contribution in [3.05, 3.63) is 70.3 Å². The maximum absolute atomic E-state index is 13.7. The van der Waals surface area contributed by atoms with Crippen molar-refractivity contribution >= 4 is 28.3 Å². The second kappa shape index (κ2) is 5.15. The van der Waals surface area contributed by atoms with Crippen molar-refractivity contribution in [2.45, 2.75) is 6.54 Å². The summed E-state index contributed by atoms with van der Waals surface area (Å²) in [5.41, 5.74) is 1.72. The topological polar surface area (TPSA) is 22.2 Å². The Labute approximate surface area is 124 Å². The van der Waals surface area contributed by atoms with E-state index < -0.39 is 11.6 Å². The highest BCUT2D eigenvalue weighted by Crippen LogP contribution is 2.25. The standard InChI is InChI=1S/C15H8ClF2N3/c1-19-11-4-2-9(3-5-11)8-21-13-7-10(17)6-12(18)14(13)20-15(21)16/h2-7H,8H2. The molecule has 3 aromatic rings. The fourth-order valence-corrected chi connectivity index (χ4v) is 2.37. The predicted octanol–water partition coefficient (Wildman–Crippen LogP) is 4.57. The van der Waals surface area contributed by atoms with Crippen LogP contribution in [0, 0.1) is 18.2 Å². The maximum Gasteiger partial charge on any atom is 0.204 e. The van der Waals surface area contributed by atoms with E-state index in [9.17, 15) is 8.78 Å². The SMILES string of the molecule is [C-]#[N+]c1ccc(Cn2c(Cl)nc3c(F)cc(F)cc32)cc1. The summed E-state index contributed by atoms with van der Waals surface area (Å²) in [5.74, 6) is -1.42. The molecule has 0 unspecified atom stereocenters. The monoisotopic (exact) mass is 303 g/mol. The lowest BCUT2D eigenvalue weighted by atomic mass is 10.2. The predicted molar refractivity (Wildman–Crippen MR) is 76.5 cm³/mol. The van der Waals surface area contributed by atoms with Crippen LogP contribution in [0.15, 0.2) is 36.4 Å². The van der Waals surface area contributed by atoms with Gasteiger partial charge in [-0.1, -0.05) is 24.3 Å². The molecular formula is C15H8ClF2N3. The summed E-state index contributed by atoms with van der Waals surface area (Å²) >= 11 is 6.01. The summed E-state index contributed by atoms with van der Waals surface area (Å²) in [7, 11) is 0. The van der Waals surface area contributed by atoms with Crippen molar-refractivity contribution in [2.75, 3.05) is 0 Å². The fourth-order valence-electron chi connectivity index (χ4n) is 2.13. The zero-order chi connectivity index (χ0) is 15.0. The summed E-state index contributed by atoms with van der Waals surface area (Å²) in [4.78, 5) is 7.23. The van der Waals surface area contributed by atoms with Crippen LogP contribution in [0.5, 0.6) is 0 Å². The molecule has 1 heterocycles. The van der Waals surface area contributed by atoms with E-state index in [0.717, 1.165) is 11.6 Å². The van der Waals surface area contributed by atoms with Crippen LogP contribution >= 0.6 is 11.6 Å². The van der Waals surface area contributed by atoms with E-state index in [4.69, 9.17) is 18.2 Å². The number of rotatable bonds is 2. The molecule has 6 heteroatoms. The summed E-state index contributed by atoms with van der Waals surface area (Å²) < 4.78 is 28.6. The molecule has 0 saturated heterocycles. The van der Waals surface area contributed by atoms with Gasteiger partial charge in [-0.15, -0.1) is 0 Å². The van der Waals surface area contributed by atoms with E-state index in [-0.39, 0.29) is 10.8 Å². The van der Waals surface area contributed by atoms with Crippen molar-refractivity contribution in [1.82, 2.24) is 9.55 Å². The Hall–Kier alpha value is -2.45. The summed E-state index contributed by atoms with van der Waals surface area (Å²) in [6, 6.07) is 8.87. The number of benzene rings is 2. The van der Waals surface area contributed by atoms with Gasteiger partial charge in [0.25, 0.3) is 0 Å². The Morgan fingerprint density at radius 2 is 1.90 bits per heavy atom. The molecule has 0 spiro atoms. The molecule has 0 fully saturated rings. The van der Waals surface area contributed by atoms with Gasteiger partial charge >= 0.3 is 0 Å². The van der Waals surface area contributed by atoms with Gasteiger partial charge in [0.05, 0.1) is 18.6 Å². The van der Waals surface area contributed by atoms with Crippen LogP contribution in [0.4, 0.5) is 14.5 Å². The van der Waals surface area contributed by atoms with Crippen molar-refractivity contribution in [1.29, 1.82) is 0 Å². The minimum absolute atomic E-state index is 0.0409. The molecule has 0 N–H and O–H groups in total. The van der Waals surface area contributed by atoms with Crippen LogP contribution in [-0.2, 0) is 6.54 Å². The minimum Gasteiger partial charge on any atom is -0.310 e. The van der Waals surface area contributed by atoms with Crippen LogP contribution in [0.25, 0.3) is 15.9 Å². The molecule has 3 rings (SSSR count). The summed E-state index contributed by atoms with van der Waals surface area (Å²) in [6.45, 7) is 7.22. The molecule has 104 valence electrons. The first-order valence-corrected chi connectivity index (χ1v) is 6.43. The van der Waals surface area contributed by atoms with Crippen LogP contribution in [-0.4, -0.2) is 9.55 Å². The van der Waals surface area contributed by atoms with E-state index in [1.54, 1.807) is 24.3 Å². The molecule has 0 radical (unpaired) electrons. The Morgan fingerprint density at radius 3 is 2.57 bits per heavy atom. The van der Waals surface area contributed by atoms with Crippen molar-refractivity contribution in [3.63, 3.8) is 0 Å². The van der Waals surface area contributed by atoms with Gasteiger partial charge < -0.3 is 4.57 Å². The van der Waals surface area contributed by atoms with E-state index in [0.29, 0.717) is 17.7 Å². The van der Waals surface area contributed by atoms with Gasteiger partial charge in [0.1, 0.15) is 11.3 Å². The number of nitrogens with zero attached hydrogens (tertiary/aromatic N) is 3. The molecule has 21 heavy (non-hydrogen) atoms. The Balaban J connectivity index is 2.07. The number of imidazole rings is 1. The molecule has 1 aromatic heterocycles. The van der Waals surface area contributed by atoms with Crippen LogP contribution in [0.2, 0.25) is 5.28 Å². The molecular weight excluding hydrogens is 296 g/mol. The molecule has 2 aromatic carbocycles. The highest BCUT2D eigenvalue weighted by Gasteiger charge is 2.14. The summed E-state index contributed by atoms with van der Waals surface area (Å²) in [6.07, 6.45) is 0. The normalized spacial score (nSPS) is 10.8. The largest absolute Gasteiger partial charge is 0.310 e. The van der Waals surface area contributed by atoms with Gasteiger partial charge in [-0.05, 0) is 17.2 Å². The van der Waals surface area contributed by atoms with Gasteiger partial charge in [0, 0.05) is 12.1 Å². The third kappa shape index (κ3) is 2.46. The summed E-state index contributed by atoms with van der Waals surface area (Å²) in [5, 5.41) is 0.0868.